The number of carbonyl (C=O) groups excluding carboxylic acids is 2. The van der Waals surface area contributed by atoms with Gasteiger partial charge in [-0.3, -0.25) is 9.69 Å². The van der Waals surface area contributed by atoms with Crippen LogP contribution in [-0.4, -0.2) is 48.7 Å². The van der Waals surface area contributed by atoms with Gasteiger partial charge in [-0.25, -0.2) is 4.79 Å². The van der Waals surface area contributed by atoms with Crippen LogP contribution in [0, 0.1) is 0 Å². The second kappa shape index (κ2) is 5.75. The van der Waals surface area contributed by atoms with Gasteiger partial charge in [0.25, 0.3) is 5.91 Å². The Kier molecular flexibility index (Phi) is 3.47. The number of ether oxygens (including phenoxy) is 2. The molecule has 0 atom stereocenters. The van der Waals surface area contributed by atoms with E-state index in [-0.39, 0.29) is 11.9 Å². The van der Waals surface area contributed by atoms with Gasteiger partial charge in [0.15, 0.2) is 18.3 Å². The monoisotopic (exact) mass is 389 g/mol. The van der Waals surface area contributed by atoms with Gasteiger partial charge in [-0.2, -0.15) is 0 Å². The van der Waals surface area contributed by atoms with E-state index >= 15 is 0 Å². The summed E-state index contributed by atoms with van der Waals surface area (Å²) in [5.41, 5.74) is 0.561. The molecule has 1 N–H and O–H groups in total. The van der Waals surface area contributed by atoms with Crippen LogP contribution >= 0.6 is 22.7 Å². The Bertz CT molecular complexity index is 999. The molecule has 7 nitrogen and oxygen atoms in total. The molecule has 134 valence electrons. The molecule has 1 amide bonds. The average molecular weight is 389 g/mol. The number of aromatic nitrogens is 1. The number of likely N-dealkylation sites (tertiary alicyclic amines) is 1. The summed E-state index contributed by atoms with van der Waals surface area (Å²) in [5, 5.41) is 1.01. The normalized spacial score (nSPS) is 15.7. The van der Waals surface area contributed by atoms with E-state index in [1.807, 2.05) is 21.9 Å². The Hall–Kier alpha value is -2.52. The van der Waals surface area contributed by atoms with E-state index in [1.165, 1.54) is 18.4 Å². The first-order chi connectivity index (χ1) is 12.6. The Morgan fingerprint density at radius 3 is 2.69 bits per heavy atom. The second-order valence-corrected chi connectivity index (χ2v) is 8.30. The topological polar surface area (TPSA) is 74.9 Å². The van der Waals surface area contributed by atoms with Crippen molar-refractivity contribution in [1.82, 2.24) is 9.88 Å². The van der Waals surface area contributed by atoms with Gasteiger partial charge in [-0.1, -0.05) is 0 Å². The highest BCUT2D eigenvalue weighted by Gasteiger charge is 2.30. The van der Waals surface area contributed by atoms with Crippen LogP contribution in [0.25, 0.3) is 9.40 Å². The van der Waals surface area contributed by atoms with Crippen molar-refractivity contribution < 1.29 is 19.1 Å². The van der Waals surface area contributed by atoms with Gasteiger partial charge in [0, 0.05) is 28.6 Å². The number of rotatable bonds is 3. The fourth-order valence-corrected chi connectivity index (χ4v) is 5.37. The van der Waals surface area contributed by atoms with Gasteiger partial charge in [0.05, 0.1) is 7.11 Å². The van der Waals surface area contributed by atoms with Crippen LogP contribution in [0.1, 0.15) is 26.6 Å². The van der Waals surface area contributed by atoms with Crippen LogP contribution in [0.15, 0.2) is 18.2 Å². The Morgan fingerprint density at radius 2 is 2.00 bits per heavy atom. The van der Waals surface area contributed by atoms with Crippen LogP contribution in [0.3, 0.4) is 0 Å². The van der Waals surface area contributed by atoms with Crippen molar-refractivity contribution in [3.05, 3.63) is 28.8 Å². The van der Waals surface area contributed by atoms with Crippen LogP contribution in [0.2, 0.25) is 0 Å². The molecular formula is C17H15N3O4S2. The van der Waals surface area contributed by atoms with Crippen LogP contribution < -0.4 is 9.64 Å². The molecule has 0 aliphatic carbocycles. The molecule has 0 aromatic carbocycles. The number of nitrogens with one attached hydrogen (secondary N) is 1. The number of methoxy groups -OCH3 is 1. The van der Waals surface area contributed by atoms with E-state index in [2.05, 4.69) is 4.98 Å². The van der Waals surface area contributed by atoms with Crippen LogP contribution in [-0.2, 0) is 4.74 Å². The quantitative estimate of drug-likeness (QED) is 0.695. The van der Waals surface area contributed by atoms with Gasteiger partial charge in [0.2, 0.25) is 0 Å². The second-order valence-electron chi connectivity index (χ2n) is 6.16. The van der Waals surface area contributed by atoms with E-state index in [0.717, 1.165) is 39.7 Å². The number of nitrogens with zero attached hydrogens (tertiary/aromatic N) is 2. The van der Waals surface area contributed by atoms with Crippen LogP contribution in [0.4, 0.5) is 10.8 Å². The molecule has 0 bridgehead atoms. The molecule has 0 unspecified atom stereocenters. The highest BCUT2D eigenvalue weighted by Crippen LogP contribution is 2.45. The molecule has 0 spiro atoms. The molecule has 1 saturated heterocycles. The molecule has 3 aromatic rings. The molecule has 0 saturated carbocycles. The Balaban J connectivity index is 1.44. The lowest BCUT2D eigenvalue weighted by Gasteiger charge is -2.30. The minimum atomic E-state index is -0.315. The number of esters is 1. The first kappa shape index (κ1) is 15.7. The number of hydrogen-bond acceptors (Lipinski definition) is 7. The van der Waals surface area contributed by atoms with Crippen molar-refractivity contribution in [2.24, 2.45) is 0 Å². The number of aromatic amines is 1. The van der Waals surface area contributed by atoms with Crippen molar-refractivity contribution in [3.63, 3.8) is 0 Å². The summed E-state index contributed by atoms with van der Waals surface area (Å²) in [6.07, 6.45) is 1.06. The van der Waals surface area contributed by atoms with E-state index < -0.39 is 0 Å². The maximum atomic E-state index is 12.4. The summed E-state index contributed by atoms with van der Waals surface area (Å²) < 4.78 is 12.6. The number of anilines is 2. The van der Waals surface area contributed by atoms with Crippen molar-refractivity contribution in [2.75, 3.05) is 31.8 Å². The van der Waals surface area contributed by atoms with Gasteiger partial charge < -0.3 is 19.4 Å². The summed E-state index contributed by atoms with van der Waals surface area (Å²) in [6, 6.07) is 5.67. The van der Waals surface area contributed by atoms with Crippen molar-refractivity contribution >= 4 is 54.8 Å². The maximum Gasteiger partial charge on any atom is 0.348 e. The molecule has 3 aromatic heterocycles. The van der Waals surface area contributed by atoms with E-state index in [1.54, 1.807) is 17.4 Å². The van der Waals surface area contributed by atoms with Crippen molar-refractivity contribution in [1.29, 1.82) is 0 Å². The molecule has 5 heterocycles. The van der Waals surface area contributed by atoms with Crippen molar-refractivity contribution in [2.45, 2.75) is 6.42 Å². The van der Waals surface area contributed by atoms with Gasteiger partial charge in [-0.05, 0) is 18.6 Å². The van der Waals surface area contributed by atoms with Crippen molar-refractivity contribution in [3.8, 4) is 5.75 Å². The summed E-state index contributed by atoms with van der Waals surface area (Å²) in [6.45, 7) is 2.03. The van der Waals surface area contributed by atoms with Gasteiger partial charge >= 0.3 is 5.97 Å². The third-order valence-electron chi connectivity index (χ3n) is 4.60. The van der Waals surface area contributed by atoms with Gasteiger partial charge in [0.1, 0.15) is 15.6 Å². The summed E-state index contributed by atoms with van der Waals surface area (Å²) in [7, 11) is 1.38. The number of amides is 1. The average Bonchev–Trinajstić information content (AvgIpc) is 3.29. The Morgan fingerprint density at radius 1 is 1.19 bits per heavy atom. The number of thiophene rings is 2. The molecular weight excluding hydrogens is 374 g/mol. The zero-order valence-electron chi connectivity index (χ0n) is 13.9. The fraction of sp³-hybridized carbons (Fsp3) is 0.294. The summed E-state index contributed by atoms with van der Waals surface area (Å²) >= 11 is 2.99. The highest BCUT2D eigenvalue weighted by atomic mass is 32.1. The first-order valence-electron chi connectivity index (χ1n) is 8.18. The first-order valence-corrected chi connectivity index (χ1v) is 9.81. The SMILES string of the molecule is COC(=O)c1cc2sc(N3COc4cc(C(=O)N5CCC5)[nH]c43)cc2s1. The molecule has 9 heteroatoms. The lowest BCUT2D eigenvalue weighted by Crippen LogP contribution is -2.42. The van der Waals surface area contributed by atoms with E-state index in [4.69, 9.17) is 9.47 Å². The third kappa shape index (κ3) is 2.31. The third-order valence-corrected chi connectivity index (χ3v) is 6.90. The minimum Gasteiger partial charge on any atom is -0.469 e. The number of H-pyrrole nitrogens is 1. The smallest absolute Gasteiger partial charge is 0.348 e. The zero-order valence-corrected chi connectivity index (χ0v) is 15.5. The van der Waals surface area contributed by atoms with Crippen LogP contribution in [0.5, 0.6) is 5.75 Å². The molecule has 5 rings (SSSR count). The molecule has 2 aliphatic heterocycles. The summed E-state index contributed by atoms with van der Waals surface area (Å²) in [5.74, 6) is 1.20. The maximum absolute atomic E-state index is 12.4. The Labute approximate surface area is 156 Å². The standard InChI is InChI=1S/C17H15N3O4S2/c1-23-17(22)13-6-11-12(25-13)7-14(26-11)20-8-24-10-5-9(18-15(10)20)16(21)19-3-2-4-19/h5-7,18H,2-4,8H2,1H3. The zero-order chi connectivity index (χ0) is 17.8. The highest BCUT2D eigenvalue weighted by molar-refractivity contribution is 7.30. The molecule has 1 fully saturated rings. The van der Waals surface area contributed by atoms with E-state index in [9.17, 15) is 9.59 Å². The number of fused-ring (bicyclic) bond motifs is 2. The predicted molar refractivity (Wildman–Crippen MR) is 100.0 cm³/mol. The summed E-state index contributed by atoms with van der Waals surface area (Å²) in [4.78, 5) is 31.7. The van der Waals surface area contributed by atoms with E-state index in [0.29, 0.717) is 23.1 Å². The molecule has 2 aliphatic rings. The number of carbonyl (C=O) groups is 2. The fourth-order valence-electron chi connectivity index (χ4n) is 3.07. The largest absolute Gasteiger partial charge is 0.469 e. The predicted octanol–water partition coefficient (Wildman–Crippen LogP) is 3.41. The minimum absolute atomic E-state index is 0.0177. The number of hydrogen-bond donors (Lipinski definition) is 1. The lowest BCUT2D eigenvalue weighted by atomic mass is 10.2. The molecule has 0 radical (unpaired) electrons. The lowest BCUT2D eigenvalue weighted by molar-refractivity contribution is 0.0605. The molecule has 26 heavy (non-hydrogen) atoms. The van der Waals surface area contributed by atoms with Gasteiger partial charge in [-0.15, -0.1) is 22.7 Å².